The van der Waals surface area contributed by atoms with Crippen LogP contribution in [0.5, 0.6) is 0 Å². The Hall–Kier alpha value is -2.69. The van der Waals surface area contributed by atoms with Gasteiger partial charge in [0.1, 0.15) is 11.2 Å². The van der Waals surface area contributed by atoms with Crippen LogP contribution in [0.15, 0.2) is 41.4 Å². The highest BCUT2D eigenvalue weighted by atomic mass is 19.2. The van der Waals surface area contributed by atoms with Crippen LogP contribution in [0.3, 0.4) is 0 Å². The average molecular weight is 337 g/mol. The smallest absolute Gasteiger partial charge is 0.186 e. The molecule has 3 nitrogen and oxygen atoms in total. The van der Waals surface area contributed by atoms with Gasteiger partial charge >= 0.3 is 0 Å². The third-order valence-electron chi connectivity index (χ3n) is 4.58. The number of fused-ring (bicyclic) bond motifs is 2. The fourth-order valence-corrected chi connectivity index (χ4v) is 3.36. The molecule has 2 aromatic carbocycles. The Labute approximate surface area is 144 Å². The van der Waals surface area contributed by atoms with E-state index in [-0.39, 0.29) is 11.1 Å². The largest absolute Gasteiger partial charge is 0.276 e. The van der Waals surface area contributed by atoms with Crippen molar-refractivity contribution in [3.63, 3.8) is 0 Å². The summed E-state index contributed by atoms with van der Waals surface area (Å²) in [5, 5.41) is 8.56. The molecule has 0 saturated carbocycles. The summed E-state index contributed by atoms with van der Waals surface area (Å²) in [6, 6.07) is 10.4. The standard InChI is InChI=1S/C20H17F2N3/c1-11-5-4-6-13-14(11)10-20(2,3)23-19(13)16-9-12-7-8-15(21)17(22)18(12)25-24-16/h4-9H,10H2,1-3H3. The first-order chi connectivity index (χ1) is 11.9. The van der Waals surface area contributed by atoms with Gasteiger partial charge in [0, 0.05) is 10.9 Å². The quantitative estimate of drug-likeness (QED) is 0.660. The predicted octanol–water partition coefficient (Wildman–Crippen LogP) is 4.39. The number of aromatic nitrogens is 2. The molecular weight excluding hydrogens is 320 g/mol. The lowest BCUT2D eigenvalue weighted by atomic mass is 9.83. The molecule has 0 radical (unpaired) electrons. The van der Waals surface area contributed by atoms with E-state index in [1.54, 1.807) is 6.07 Å². The molecule has 0 saturated heterocycles. The zero-order valence-electron chi connectivity index (χ0n) is 14.3. The van der Waals surface area contributed by atoms with Crippen LogP contribution in [0.4, 0.5) is 8.78 Å². The zero-order valence-corrected chi connectivity index (χ0v) is 14.3. The monoisotopic (exact) mass is 337 g/mol. The topological polar surface area (TPSA) is 38.1 Å². The number of halogens is 2. The van der Waals surface area contributed by atoms with Crippen molar-refractivity contribution in [3.8, 4) is 0 Å². The fourth-order valence-electron chi connectivity index (χ4n) is 3.36. The molecule has 0 amide bonds. The van der Waals surface area contributed by atoms with E-state index in [0.29, 0.717) is 11.1 Å². The van der Waals surface area contributed by atoms with Gasteiger partial charge in [-0.3, -0.25) is 4.99 Å². The number of rotatable bonds is 1. The van der Waals surface area contributed by atoms with Crippen molar-refractivity contribution in [2.24, 2.45) is 4.99 Å². The van der Waals surface area contributed by atoms with Crippen molar-refractivity contribution in [2.75, 3.05) is 0 Å². The van der Waals surface area contributed by atoms with Gasteiger partial charge in [0.15, 0.2) is 11.6 Å². The Kier molecular flexibility index (Phi) is 3.42. The first-order valence-corrected chi connectivity index (χ1v) is 8.16. The summed E-state index contributed by atoms with van der Waals surface area (Å²) in [6.07, 6.45) is 0.847. The van der Waals surface area contributed by atoms with Crippen LogP contribution in [-0.4, -0.2) is 21.4 Å². The van der Waals surface area contributed by atoms with Gasteiger partial charge in [0.2, 0.25) is 0 Å². The maximum atomic E-state index is 13.9. The highest BCUT2D eigenvalue weighted by Crippen LogP contribution is 2.31. The van der Waals surface area contributed by atoms with Gasteiger partial charge in [0.05, 0.1) is 11.3 Å². The minimum absolute atomic E-state index is 0.0658. The molecule has 25 heavy (non-hydrogen) atoms. The molecule has 0 bridgehead atoms. The Morgan fingerprint density at radius 1 is 1.04 bits per heavy atom. The van der Waals surface area contributed by atoms with Crippen LogP contribution in [0.25, 0.3) is 10.9 Å². The van der Waals surface area contributed by atoms with Crippen molar-refractivity contribution >= 4 is 16.6 Å². The highest BCUT2D eigenvalue weighted by molar-refractivity contribution is 6.14. The molecule has 1 aliphatic heterocycles. The number of aliphatic imine (C=N–C) groups is 1. The average Bonchev–Trinajstić information content (AvgIpc) is 2.58. The second-order valence-corrected chi connectivity index (χ2v) is 7.08. The van der Waals surface area contributed by atoms with Gasteiger partial charge in [-0.1, -0.05) is 18.2 Å². The predicted molar refractivity (Wildman–Crippen MR) is 94.1 cm³/mol. The number of hydrogen-bond donors (Lipinski definition) is 0. The lowest BCUT2D eigenvalue weighted by molar-refractivity contribution is 0.511. The Morgan fingerprint density at radius 2 is 1.84 bits per heavy atom. The van der Waals surface area contributed by atoms with Crippen molar-refractivity contribution < 1.29 is 8.78 Å². The molecule has 0 unspecified atom stereocenters. The Bertz CT molecular complexity index is 1040. The molecule has 0 aliphatic carbocycles. The normalized spacial score (nSPS) is 15.8. The Balaban J connectivity index is 1.94. The molecule has 0 atom stereocenters. The number of aryl methyl sites for hydroxylation is 1. The molecular formula is C20H17F2N3. The summed E-state index contributed by atoms with van der Waals surface area (Å²) in [5.74, 6) is -1.90. The summed E-state index contributed by atoms with van der Waals surface area (Å²) in [7, 11) is 0. The molecule has 4 rings (SSSR count). The van der Waals surface area contributed by atoms with Gasteiger partial charge in [0.25, 0.3) is 0 Å². The van der Waals surface area contributed by atoms with E-state index in [9.17, 15) is 8.78 Å². The molecule has 0 fully saturated rings. The lowest BCUT2D eigenvalue weighted by Gasteiger charge is -2.30. The van der Waals surface area contributed by atoms with Crippen molar-refractivity contribution in [1.29, 1.82) is 0 Å². The molecule has 2 heterocycles. The second-order valence-electron chi connectivity index (χ2n) is 7.08. The van der Waals surface area contributed by atoms with Gasteiger partial charge in [-0.2, -0.15) is 0 Å². The molecule has 0 N–H and O–H groups in total. The summed E-state index contributed by atoms with van der Waals surface area (Å²) in [6.45, 7) is 6.24. The minimum Gasteiger partial charge on any atom is -0.276 e. The summed E-state index contributed by atoms with van der Waals surface area (Å²) in [5.41, 5.74) is 4.45. The van der Waals surface area contributed by atoms with Crippen LogP contribution in [0, 0.1) is 18.6 Å². The van der Waals surface area contributed by atoms with Crippen LogP contribution in [0.2, 0.25) is 0 Å². The van der Waals surface area contributed by atoms with E-state index in [4.69, 9.17) is 4.99 Å². The van der Waals surface area contributed by atoms with Crippen LogP contribution < -0.4 is 0 Å². The highest BCUT2D eigenvalue weighted by Gasteiger charge is 2.29. The molecule has 0 spiro atoms. The number of benzene rings is 2. The minimum atomic E-state index is -0.973. The van der Waals surface area contributed by atoms with E-state index in [1.807, 2.05) is 12.1 Å². The van der Waals surface area contributed by atoms with Crippen molar-refractivity contribution in [1.82, 2.24) is 10.2 Å². The lowest BCUT2D eigenvalue weighted by Crippen LogP contribution is -2.30. The molecule has 126 valence electrons. The maximum absolute atomic E-state index is 13.9. The van der Waals surface area contributed by atoms with Gasteiger partial charge in [-0.05, 0) is 56.5 Å². The molecule has 5 heteroatoms. The Morgan fingerprint density at radius 3 is 2.64 bits per heavy atom. The van der Waals surface area contributed by atoms with Crippen LogP contribution in [-0.2, 0) is 6.42 Å². The molecule has 1 aromatic heterocycles. The molecule has 1 aliphatic rings. The van der Waals surface area contributed by atoms with Gasteiger partial charge in [-0.25, -0.2) is 8.78 Å². The zero-order chi connectivity index (χ0) is 17.8. The third-order valence-corrected chi connectivity index (χ3v) is 4.58. The van der Waals surface area contributed by atoms with Crippen molar-refractivity contribution in [3.05, 3.63) is 70.4 Å². The summed E-state index contributed by atoms with van der Waals surface area (Å²) >= 11 is 0. The second kappa shape index (κ2) is 5.41. The maximum Gasteiger partial charge on any atom is 0.186 e. The van der Waals surface area contributed by atoms with E-state index in [1.165, 1.54) is 17.2 Å². The van der Waals surface area contributed by atoms with Gasteiger partial charge < -0.3 is 0 Å². The van der Waals surface area contributed by atoms with E-state index >= 15 is 0 Å². The summed E-state index contributed by atoms with van der Waals surface area (Å²) < 4.78 is 27.3. The summed E-state index contributed by atoms with van der Waals surface area (Å²) in [4.78, 5) is 4.86. The fraction of sp³-hybridized carbons (Fsp3) is 0.250. The van der Waals surface area contributed by atoms with Crippen LogP contribution in [0.1, 0.15) is 36.2 Å². The van der Waals surface area contributed by atoms with Crippen molar-refractivity contribution in [2.45, 2.75) is 32.7 Å². The molecule has 3 aromatic rings. The number of nitrogens with zero attached hydrogens (tertiary/aromatic N) is 3. The third kappa shape index (κ3) is 2.60. The first kappa shape index (κ1) is 15.8. The van der Waals surface area contributed by atoms with Gasteiger partial charge in [-0.15, -0.1) is 10.2 Å². The van der Waals surface area contributed by atoms with Crippen LogP contribution >= 0.6 is 0 Å². The van der Waals surface area contributed by atoms with E-state index in [0.717, 1.165) is 23.8 Å². The number of hydrogen-bond acceptors (Lipinski definition) is 3. The SMILES string of the molecule is Cc1cccc2c1CC(C)(C)N=C2c1cc2ccc(F)c(F)c2nn1. The van der Waals surface area contributed by atoms with E-state index < -0.39 is 11.6 Å². The first-order valence-electron chi connectivity index (χ1n) is 8.16. The van der Waals surface area contributed by atoms with E-state index in [2.05, 4.69) is 37.0 Å².